The van der Waals surface area contributed by atoms with E-state index in [0.29, 0.717) is 0 Å². The van der Waals surface area contributed by atoms with Gasteiger partial charge in [0.2, 0.25) is 0 Å². The molecule has 2 aliphatic rings. The van der Waals surface area contributed by atoms with E-state index < -0.39 is 30.3 Å². The van der Waals surface area contributed by atoms with Gasteiger partial charge in [-0.05, 0) is 0 Å². The number of aliphatic hydroxyl groups is 2. The molecule has 2 rings (SSSR count). The summed E-state index contributed by atoms with van der Waals surface area (Å²) in [6, 6.07) is 0. The fraction of sp³-hybridized carbons (Fsp3) is 0.800. The van der Waals surface area contributed by atoms with Crippen LogP contribution >= 0.6 is 0 Å². The minimum absolute atomic E-state index is 0. The molecule has 9 heteroatoms. The van der Waals surface area contributed by atoms with Crippen LogP contribution in [0.5, 0.6) is 0 Å². The molecule has 0 aromatic rings. The molecular weight excluding hydrogens is 437 g/mol. The maximum Gasteiger partial charge on any atom is 2.00 e. The Morgan fingerprint density at radius 3 is 1.10 bits per heavy atom. The van der Waals surface area contributed by atoms with Gasteiger partial charge in [0.1, 0.15) is 0 Å². The van der Waals surface area contributed by atoms with E-state index in [0.717, 1.165) is 0 Å². The van der Waals surface area contributed by atoms with Gasteiger partial charge >= 0.3 is 30.9 Å². The number of alkyl halides is 6. The van der Waals surface area contributed by atoms with Crippen LogP contribution in [0.4, 0.5) is 26.3 Å². The molecule has 0 bridgehead atoms. The Hall–Kier alpha value is -0.336. The summed E-state index contributed by atoms with van der Waals surface area (Å²) < 4.78 is 68.5. The van der Waals surface area contributed by atoms with Gasteiger partial charge in [0, 0.05) is 6.08 Å². The van der Waals surface area contributed by atoms with Crippen molar-refractivity contribution in [2.45, 2.75) is 103 Å². The van der Waals surface area contributed by atoms with E-state index in [2.05, 4.69) is 13.8 Å². The largest absolute Gasteiger partial charge is 2.00 e. The quantitative estimate of drug-likeness (QED) is 0.228. The van der Waals surface area contributed by atoms with Gasteiger partial charge < -0.3 is 25.1 Å². The molecule has 177 valence electrons. The molecule has 0 heterocycles. The third-order valence-electron chi connectivity index (χ3n) is 3.44. The van der Waals surface area contributed by atoms with Crippen molar-refractivity contribution in [2.24, 2.45) is 0 Å². The van der Waals surface area contributed by atoms with Gasteiger partial charge in [-0.1, -0.05) is 84.5 Å². The second-order valence-corrected chi connectivity index (χ2v) is 6.28. The molecule has 1 radical (unpaired) electrons. The van der Waals surface area contributed by atoms with E-state index in [9.17, 15) is 26.3 Å². The first-order valence-electron chi connectivity index (χ1n) is 9.19. The Balaban J connectivity index is -0.0000000995. The molecule has 0 aromatic heterocycles. The molecule has 0 amide bonds. The van der Waals surface area contributed by atoms with Crippen molar-refractivity contribution in [1.29, 1.82) is 0 Å². The Morgan fingerprint density at radius 2 is 0.966 bits per heavy atom. The number of halogens is 6. The normalized spacial score (nSPS) is 16.7. The summed E-state index contributed by atoms with van der Waals surface area (Å²) in [5, 5.41) is 16.1. The van der Waals surface area contributed by atoms with E-state index in [-0.39, 0.29) is 33.4 Å². The van der Waals surface area contributed by atoms with Gasteiger partial charge in [-0.15, -0.1) is 0 Å². The van der Waals surface area contributed by atoms with Crippen molar-refractivity contribution in [3.63, 3.8) is 0 Å². The number of rotatable bonds is 1. The van der Waals surface area contributed by atoms with Gasteiger partial charge in [0.15, 0.2) is 11.9 Å². The Morgan fingerprint density at radius 1 is 0.759 bits per heavy atom. The number of hydrogen-bond donors (Lipinski definition) is 2. The van der Waals surface area contributed by atoms with Crippen molar-refractivity contribution in [1.82, 2.24) is 0 Å². The van der Waals surface area contributed by atoms with Crippen LogP contribution in [0.1, 0.15) is 84.5 Å². The predicted octanol–water partition coefficient (Wildman–Crippen LogP) is 8.13. The summed E-state index contributed by atoms with van der Waals surface area (Å²) in [6.45, 7) is 4.25. The standard InChI is InChI=1S/C5H4F6O2.2C5H10.C3H8.2CH3.V/c6-4(7,8)2(12)1-3(13)5(9,10)11;2*1-2-4-5-3-1;1-3-2;;;/h1-2,12-13H;2*1-5H2;3H2,1-2H3;2*1H3;/q;;;;2*-1;+2. The third kappa shape index (κ3) is 27.7. The van der Waals surface area contributed by atoms with E-state index in [1.165, 1.54) is 70.6 Å². The van der Waals surface area contributed by atoms with Crippen molar-refractivity contribution < 1.29 is 55.1 Å². The van der Waals surface area contributed by atoms with Crippen LogP contribution in [0.15, 0.2) is 11.8 Å². The molecule has 2 N–H and O–H groups in total. The predicted molar refractivity (Wildman–Crippen MR) is 104 cm³/mol. The number of allylic oxidation sites excluding steroid dienone is 1. The second-order valence-electron chi connectivity index (χ2n) is 6.28. The Bertz CT molecular complexity index is 325. The topological polar surface area (TPSA) is 40.5 Å². The van der Waals surface area contributed by atoms with E-state index in [1.54, 1.807) is 0 Å². The number of hydrogen-bond acceptors (Lipinski definition) is 2. The monoisotopic (exact) mass is 475 g/mol. The second kappa shape index (κ2) is 22.4. The zero-order valence-corrected chi connectivity index (χ0v) is 19.4. The summed E-state index contributed by atoms with van der Waals surface area (Å²) in [7, 11) is 0. The first kappa shape index (κ1) is 39.2. The van der Waals surface area contributed by atoms with E-state index >= 15 is 0 Å². The molecule has 29 heavy (non-hydrogen) atoms. The van der Waals surface area contributed by atoms with Gasteiger partial charge in [0.05, 0.1) is 0 Å². The summed E-state index contributed by atoms with van der Waals surface area (Å²) in [4.78, 5) is 0. The third-order valence-corrected chi connectivity index (χ3v) is 3.44. The van der Waals surface area contributed by atoms with Crippen molar-refractivity contribution in [3.8, 4) is 0 Å². The summed E-state index contributed by atoms with van der Waals surface area (Å²) in [5.74, 6) is -2.47. The fourth-order valence-corrected chi connectivity index (χ4v) is 2.11. The average Bonchev–Trinajstić information content (AvgIpc) is 3.25. The summed E-state index contributed by atoms with van der Waals surface area (Å²) in [6.07, 6.45) is 1.69. The first-order chi connectivity index (χ1) is 12.0. The molecule has 2 nitrogen and oxygen atoms in total. The van der Waals surface area contributed by atoms with Gasteiger partial charge in [-0.25, -0.2) is 0 Å². The van der Waals surface area contributed by atoms with Gasteiger partial charge in [-0.3, -0.25) is 0 Å². The molecule has 0 aromatic carbocycles. The maximum atomic E-state index is 11.4. The van der Waals surface area contributed by atoms with Crippen LogP contribution in [-0.2, 0) is 18.6 Å². The van der Waals surface area contributed by atoms with Crippen LogP contribution in [0.3, 0.4) is 0 Å². The van der Waals surface area contributed by atoms with E-state index in [4.69, 9.17) is 10.2 Å². The Labute approximate surface area is 185 Å². The van der Waals surface area contributed by atoms with Crippen LogP contribution in [-0.4, -0.2) is 28.7 Å². The van der Waals surface area contributed by atoms with E-state index in [1.807, 2.05) is 0 Å². The van der Waals surface area contributed by atoms with Crippen LogP contribution < -0.4 is 0 Å². The molecule has 2 aliphatic carbocycles. The van der Waals surface area contributed by atoms with Gasteiger partial charge in [0.25, 0.3) is 0 Å². The minimum Gasteiger partial charge on any atom is -0.504 e. The van der Waals surface area contributed by atoms with Crippen LogP contribution in [0, 0.1) is 14.9 Å². The minimum atomic E-state index is -5.29. The maximum absolute atomic E-state index is 11.4. The van der Waals surface area contributed by atoms with Crippen molar-refractivity contribution >= 4 is 0 Å². The van der Waals surface area contributed by atoms with Gasteiger partial charge in [-0.2, -0.15) is 26.3 Å². The molecule has 0 aliphatic heterocycles. The molecule has 2 fully saturated rings. The summed E-state index contributed by atoms with van der Waals surface area (Å²) in [5.41, 5.74) is 0. The smallest absolute Gasteiger partial charge is 0.504 e. The van der Waals surface area contributed by atoms with Crippen molar-refractivity contribution in [2.75, 3.05) is 0 Å². The molecular formula is C20H38F6O2V. The SMILES string of the molecule is C1CCCC1.C1CCCC1.CCC.OC(=CC(O)C(F)(F)F)C(F)(F)F.[CH3-].[CH3-].[V+2]. The van der Waals surface area contributed by atoms with Crippen LogP contribution in [0.25, 0.3) is 0 Å². The Kier molecular flexibility index (Phi) is 30.2. The zero-order valence-electron chi connectivity index (χ0n) is 18.0. The number of aliphatic hydroxyl groups excluding tert-OH is 2. The fourth-order valence-electron chi connectivity index (χ4n) is 2.11. The molecule has 2 saturated carbocycles. The average molecular weight is 475 g/mol. The molecule has 0 saturated heterocycles. The first-order valence-corrected chi connectivity index (χ1v) is 9.19. The van der Waals surface area contributed by atoms with Crippen molar-refractivity contribution in [3.05, 3.63) is 26.7 Å². The molecule has 1 atom stereocenters. The van der Waals surface area contributed by atoms with Crippen LogP contribution in [0.2, 0.25) is 0 Å². The molecule has 1 unspecified atom stereocenters. The molecule has 0 spiro atoms. The zero-order chi connectivity index (χ0) is 20.6. The summed E-state index contributed by atoms with van der Waals surface area (Å²) >= 11 is 0.